The Hall–Kier alpha value is 3.92. The minimum absolute atomic E-state index is 3.64. The summed E-state index contributed by atoms with van der Waals surface area (Å²) in [6, 6.07) is 0. The summed E-state index contributed by atoms with van der Waals surface area (Å²) in [6.07, 6.45) is 0. The van der Waals surface area contributed by atoms with E-state index in [4.69, 9.17) is 139 Å². The van der Waals surface area contributed by atoms with Gasteiger partial charge in [0, 0.05) is 0 Å². The van der Waals surface area contributed by atoms with E-state index >= 15 is 0 Å². The Bertz CT molecular complexity index is 963. The van der Waals surface area contributed by atoms with E-state index in [2.05, 4.69) is 10.1 Å². The molecule has 0 aromatic heterocycles. The third kappa shape index (κ3) is 10.1. The molecule has 0 heterocycles. The fourth-order valence-corrected chi connectivity index (χ4v) is 27.3. The molecule has 0 fully saturated rings. The van der Waals surface area contributed by atoms with E-state index in [-0.39, 0.29) is 0 Å². The second-order valence-corrected chi connectivity index (χ2v) is 31.6. The van der Waals surface area contributed by atoms with Crippen LogP contribution >= 0.6 is 139 Å². The summed E-state index contributed by atoms with van der Waals surface area (Å²) in [6.45, 7) is 0. The average Bonchev–Trinajstić information content (AvgIpc) is 2.38. The van der Waals surface area contributed by atoms with Gasteiger partial charge in [-0.05, 0) is 0 Å². The standard InChI is InChI=1S/4CHCl3O3S.Sn/c4*2-1(3,4)8(5,6)7;/h4*(H,5,6,7);/q;;;;+4/p-4. The molecule has 0 amide bonds. The molecule has 12 nitrogen and oxygen atoms in total. The molecule has 0 rings (SSSR count). The fraction of sp³-hybridized carbons (Fsp3) is 1.00. The third-order valence-corrected chi connectivity index (χ3v) is 27.3. The second kappa shape index (κ2) is 11.4. The Balaban J connectivity index is 7.45. The second-order valence-electron chi connectivity index (χ2n) is 4.43. The molecule has 29 heteroatoms. The number of hydrogen-bond acceptors (Lipinski definition) is 12. The van der Waals surface area contributed by atoms with Gasteiger partial charge in [-0.15, -0.1) is 0 Å². The summed E-state index contributed by atoms with van der Waals surface area (Å²) in [5.41, 5.74) is 0. The summed E-state index contributed by atoms with van der Waals surface area (Å²) < 4.78 is 99.1. The van der Waals surface area contributed by atoms with Crippen LogP contribution in [0.5, 0.6) is 0 Å². The van der Waals surface area contributed by atoms with Gasteiger partial charge in [0.1, 0.15) is 0 Å². The number of rotatable bonds is 8. The maximum absolute atomic E-state index is 12.2. The van der Waals surface area contributed by atoms with Crippen LogP contribution in [-0.2, 0) is 50.6 Å². The first-order chi connectivity index (χ1) is 13.8. The van der Waals surface area contributed by atoms with Crippen LogP contribution in [-0.4, -0.2) is 66.2 Å². The molecule has 0 aliphatic carbocycles. The Kier molecular flexibility index (Phi) is 12.8. The van der Waals surface area contributed by atoms with Crippen molar-refractivity contribution in [2.75, 3.05) is 0 Å². The van der Waals surface area contributed by atoms with Crippen molar-refractivity contribution in [1.82, 2.24) is 0 Å². The first kappa shape index (κ1) is 36.9. The fourth-order valence-electron chi connectivity index (χ4n) is 0.810. The van der Waals surface area contributed by atoms with Gasteiger partial charge in [0.25, 0.3) is 0 Å². The predicted octanol–water partition coefficient (Wildman–Crippen LogP) is 4.12. The zero-order valence-electron chi connectivity index (χ0n) is 13.6. The van der Waals surface area contributed by atoms with Crippen LogP contribution in [0.1, 0.15) is 0 Å². The maximum atomic E-state index is 12.2. The van der Waals surface area contributed by atoms with Crippen LogP contribution in [0.3, 0.4) is 0 Å². The molecular weight excluding hydrogens is 912 g/mol. The third-order valence-electron chi connectivity index (χ3n) is 1.98. The Labute approximate surface area is 252 Å². The van der Waals surface area contributed by atoms with Crippen molar-refractivity contribution in [3.8, 4) is 0 Å². The molecule has 0 aromatic rings. The van der Waals surface area contributed by atoms with Gasteiger partial charge in [-0.3, -0.25) is 0 Å². The van der Waals surface area contributed by atoms with Gasteiger partial charge in [-0.2, -0.15) is 0 Å². The van der Waals surface area contributed by atoms with Crippen molar-refractivity contribution in [2.24, 2.45) is 0 Å². The number of alkyl halides is 12. The van der Waals surface area contributed by atoms with E-state index in [9.17, 15) is 33.7 Å². The Morgan fingerprint density at radius 2 is 0.485 bits per heavy atom. The van der Waals surface area contributed by atoms with Crippen LogP contribution in [0.4, 0.5) is 0 Å². The van der Waals surface area contributed by atoms with E-state index < -0.39 is 73.0 Å². The molecule has 200 valence electrons. The quantitative estimate of drug-likeness (QED) is 0.252. The van der Waals surface area contributed by atoms with Crippen molar-refractivity contribution < 1.29 is 43.8 Å². The predicted molar refractivity (Wildman–Crippen MR) is 127 cm³/mol. The van der Waals surface area contributed by atoms with Crippen LogP contribution < -0.4 is 0 Å². The van der Waals surface area contributed by atoms with Crippen LogP contribution in [0.2, 0.25) is 0 Å². The van der Waals surface area contributed by atoms with Crippen molar-refractivity contribution in [1.29, 1.82) is 0 Å². The molecule has 0 radical (unpaired) electrons. The summed E-state index contributed by atoms with van der Waals surface area (Å²) in [5.74, 6) is 0. The van der Waals surface area contributed by atoms with E-state index in [1.807, 2.05) is 0 Å². The van der Waals surface area contributed by atoms with Gasteiger partial charge >= 0.3 is 256 Å². The van der Waals surface area contributed by atoms with Crippen molar-refractivity contribution in [3.05, 3.63) is 0 Å². The SMILES string of the molecule is O=S(=O)([O][Sn]([O]S(=O)(=O)C(Cl)(Cl)Cl)([O]S(=O)(=O)C(Cl)(Cl)Cl)[O]S(=O)(=O)C(Cl)(Cl)Cl)C(Cl)(Cl)Cl. The van der Waals surface area contributed by atoms with Gasteiger partial charge in [0.15, 0.2) is 0 Å². The van der Waals surface area contributed by atoms with Crippen LogP contribution in [0.15, 0.2) is 0 Å². The molecule has 0 spiro atoms. The molecule has 0 aliphatic heterocycles. The molecule has 0 atom stereocenters. The molecule has 0 saturated heterocycles. The molecule has 0 aromatic carbocycles. The normalized spacial score (nSPS) is 16.1. The topological polar surface area (TPSA) is 173 Å². The zero-order chi connectivity index (χ0) is 27.3. The summed E-state index contributed by atoms with van der Waals surface area (Å²) in [5, 5.41) is 0. The average molecular weight is 912 g/mol. The molecule has 0 unspecified atom stereocenters. The van der Waals surface area contributed by atoms with E-state index in [1.165, 1.54) is 0 Å². The first-order valence-corrected chi connectivity index (χ1v) is 20.7. The molecular formula is C4Cl12O12S4Sn. The van der Waals surface area contributed by atoms with Crippen molar-refractivity contribution in [3.63, 3.8) is 0 Å². The summed E-state index contributed by atoms with van der Waals surface area (Å²) >= 11 is 53.2. The number of halogens is 12. The van der Waals surface area contributed by atoms with Crippen molar-refractivity contribution in [2.45, 2.75) is 12.5 Å². The minimum atomic E-state index is -8.19. The number of hydrogen-bond donors (Lipinski definition) is 0. The van der Waals surface area contributed by atoms with Crippen molar-refractivity contribution >= 4 is 200 Å². The van der Waals surface area contributed by atoms with E-state index in [0.29, 0.717) is 0 Å². The van der Waals surface area contributed by atoms with Gasteiger partial charge in [0.05, 0.1) is 0 Å². The molecule has 0 saturated carbocycles. The van der Waals surface area contributed by atoms with Crippen LogP contribution in [0.25, 0.3) is 0 Å². The molecule has 0 bridgehead atoms. The first-order valence-electron chi connectivity index (χ1n) is 5.90. The summed E-state index contributed by atoms with van der Waals surface area (Å²) in [4.78, 5) is 0. The van der Waals surface area contributed by atoms with Gasteiger partial charge < -0.3 is 0 Å². The monoisotopic (exact) mass is 907 g/mol. The van der Waals surface area contributed by atoms with Gasteiger partial charge in [-0.1, -0.05) is 0 Å². The van der Waals surface area contributed by atoms with Crippen LogP contribution in [0, 0.1) is 0 Å². The summed E-state index contributed by atoms with van der Waals surface area (Å²) in [7, 11) is -23.9. The van der Waals surface area contributed by atoms with E-state index in [1.54, 1.807) is 0 Å². The Morgan fingerprint density at radius 3 is 0.576 bits per heavy atom. The van der Waals surface area contributed by atoms with Gasteiger partial charge in [-0.25, -0.2) is 0 Å². The molecule has 33 heavy (non-hydrogen) atoms. The zero-order valence-corrected chi connectivity index (χ0v) is 28.8. The van der Waals surface area contributed by atoms with E-state index in [0.717, 1.165) is 0 Å². The van der Waals surface area contributed by atoms with Gasteiger partial charge in [0.2, 0.25) is 0 Å². The molecule has 0 N–H and O–H groups in total. The molecule has 0 aliphatic rings. The Morgan fingerprint density at radius 1 is 0.364 bits per heavy atom.